The standard InChI is InChI=1S/C58H40N4/c1-38-29-30-41(35-51(38)50-27-15-16-28-53(50)59-43-21-9-4-10-22-43)42-31-34-54-55(36-42)62-57(40-19-7-3-8-20-40)56(39-17-5-2-6-18-39)60-58(62)61(54)44-32-33-49-47-25-12-11-23-45(47)46-24-13-14-26-48(46)52(49)37-44/h2-37,59H,1H3. The normalized spacial score (nSPS) is 11.6. The minimum Gasteiger partial charge on any atom is -0.355 e. The van der Waals surface area contributed by atoms with E-state index in [0.29, 0.717) is 0 Å². The van der Waals surface area contributed by atoms with Gasteiger partial charge in [-0.2, -0.15) is 0 Å². The smallest absolute Gasteiger partial charge is 0.220 e. The van der Waals surface area contributed by atoms with Crippen molar-refractivity contribution in [3.8, 4) is 50.5 Å². The van der Waals surface area contributed by atoms with Gasteiger partial charge in [0.05, 0.1) is 22.4 Å². The lowest BCUT2D eigenvalue weighted by Gasteiger charge is -2.16. The molecule has 292 valence electrons. The van der Waals surface area contributed by atoms with Crippen LogP contribution in [0.25, 0.3) is 99.6 Å². The van der Waals surface area contributed by atoms with Gasteiger partial charge in [-0.1, -0.05) is 170 Å². The van der Waals surface area contributed by atoms with Crippen molar-refractivity contribution in [2.75, 3.05) is 5.32 Å². The Morgan fingerprint density at radius 1 is 0.403 bits per heavy atom. The first-order chi connectivity index (χ1) is 30.7. The summed E-state index contributed by atoms with van der Waals surface area (Å²) in [6.07, 6.45) is 0. The fourth-order valence-electron chi connectivity index (χ4n) is 9.51. The van der Waals surface area contributed by atoms with Crippen LogP contribution in [0, 0.1) is 6.92 Å². The van der Waals surface area contributed by atoms with Crippen LogP contribution in [-0.4, -0.2) is 14.0 Å². The molecule has 0 unspecified atom stereocenters. The lowest BCUT2D eigenvalue weighted by Crippen LogP contribution is -1.96. The molecule has 0 bridgehead atoms. The van der Waals surface area contributed by atoms with Crippen LogP contribution >= 0.6 is 0 Å². The van der Waals surface area contributed by atoms with Gasteiger partial charge in [0, 0.05) is 33.8 Å². The molecule has 0 aliphatic carbocycles. The van der Waals surface area contributed by atoms with Gasteiger partial charge in [-0.3, -0.25) is 8.97 Å². The van der Waals surface area contributed by atoms with Crippen molar-refractivity contribution < 1.29 is 0 Å². The summed E-state index contributed by atoms with van der Waals surface area (Å²) in [7, 11) is 0. The largest absolute Gasteiger partial charge is 0.355 e. The molecule has 2 aromatic heterocycles. The van der Waals surface area contributed by atoms with Crippen LogP contribution in [0.2, 0.25) is 0 Å². The summed E-state index contributed by atoms with van der Waals surface area (Å²) >= 11 is 0. The SMILES string of the molecule is Cc1ccc(-c2ccc3c(c2)n2c(-c4ccccc4)c(-c4ccccc4)nc2n3-c2ccc3c4ccccc4c4ccccc4c3c2)cc1-c1ccccc1Nc1ccccc1. The van der Waals surface area contributed by atoms with E-state index in [9.17, 15) is 0 Å². The zero-order chi connectivity index (χ0) is 41.1. The third-order valence-corrected chi connectivity index (χ3v) is 12.4. The minimum absolute atomic E-state index is 0.866. The highest BCUT2D eigenvalue weighted by Gasteiger charge is 2.24. The van der Waals surface area contributed by atoms with E-state index in [1.807, 2.05) is 6.07 Å². The fourth-order valence-corrected chi connectivity index (χ4v) is 9.51. The summed E-state index contributed by atoms with van der Waals surface area (Å²) in [5.74, 6) is 0.866. The number of hydrogen-bond donors (Lipinski definition) is 1. The molecule has 0 saturated heterocycles. The fraction of sp³-hybridized carbons (Fsp3) is 0.0172. The molecular formula is C58H40N4. The van der Waals surface area contributed by atoms with E-state index in [4.69, 9.17) is 4.98 Å². The number of aromatic nitrogens is 3. The summed E-state index contributed by atoms with van der Waals surface area (Å²) in [4.78, 5) is 5.60. The Morgan fingerprint density at radius 3 is 1.68 bits per heavy atom. The van der Waals surface area contributed by atoms with Crippen molar-refractivity contribution in [1.29, 1.82) is 0 Å². The van der Waals surface area contributed by atoms with E-state index in [1.165, 1.54) is 43.4 Å². The van der Waals surface area contributed by atoms with Crippen LogP contribution in [0.3, 0.4) is 0 Å². The Morgan fingerprint density at radius 2 is 0.968 bits per heavy atom. The van der Waals surface area contributed by atoms with Crippen molar-refractivity contribution in [1.82, 2.24) is 14.0 Å². The van der Waals surface area contributed by atoms with Gasteiger partial charge in [0.15, 0.2) is 0 Å². The van der Waals surface area contributed by atoms with Crippen LogP contribution in [0.4, 0.5) is 11.4 Å². The van der Waals surface area contributed by atoms with Crippen LogP contribution in [0.15, 0.2) is 218 Å². The number of nitrogens with zero attached hydrogens (tertiary/aromatic N) is 3. The number of hydrogen-bond acceptors (Lipinski definition) is 2. The highest BCUT2D eigenvalue weighted by Crippen LogP contribution is 2.42. The molecule has 10 aromatic carbocycles. The Bertz CT molecular complexity index is 3620. The van der Waals surface area contributed by atoms with Crippen LogP contribution in [-0.2, 0) is 0 Å². The average Bonchev–Trinajstić information content (AvgIpc) is 3.88. The number of benzene rings is 10. The summed E-state index contributed by atoms with van der Waals surface area (Å²) in [6.45, 7) is 2.20. The molecule has 0 radical (unpaired) electrons. The summed E-state index contributed by atoms with van der Waals surface area (Å²) in [6, 6.07) is 78.5. The maximum atomic E-state index is 5.60. The number of para-hydroxylation sites is 2. The van der Waals surface area contributed by atoms with E-state index < -0.39 is 0 Å². The highest BCUT2D eigenvalue weighted by atomic mass is 15.2. The van der Waals surface area contributed by atoms with Crippen molar-refractivity contribution in [2.45, 2.75) is 6.92 Å². The molecule has 12 aromatic rings. The third-order valence-electron chi connectivity index (χ3n) is 12.4. The Balaban J connectivity index is 1.12. The lowest BCUT2D eigenvalue weighted by molar-refractivity contribution is 1.11. The highest BCUT2D eigenvalue weighted by molar-refractivity contribution is 6.25. The third kappa shape index (κ3) is 5.80. The Kier molecular flexibility index (Phi) is 8.36. The zero-order valence-electron chi connectivity index (χ0n) is 34.1. The lowest BCUT2D eigenvalue weighted by atomic mass is 9.94. The van der Waals surface area contributed by atoms with Crippen LogP contribution < -0.4 is 5.32 Å². The van der Waals surface area contributed by atoms with E-state index in [-0.39, 0.29) is 0 Å². The van der Waals surface area contributed by atoms with Gasteiger partial charge in [0.25, 0.3) is 0 Å². The molecule has 0 atom stereocenters. The number of rotatable bonds is 7. The van der Waals surface area contributed by atoms with Crippen molar-refractivity contribution >= 4 is 60.5 Å². The van der Waals surface area contributed by atoms with E-state index in [2.05, 4.69) is 234 Å². The molecule has 62 heavy (non-hydrogen) atoms. The molecule has 0 fully saturated rings. The van der Waals surface area contributed by atoms with Crippen molar-refractivity contribution in [3.05, 3.63) is 224 Å². The number of nitrogens with one attached hydrogen (secondary N) is 1. The first-order valence-corrected chi connectivity index (χ1v) is 21.2. The average molecular weight is 793 g/mol. The Hall–Kier alpha value is -8.21. The van der Waals surface area contributed by atoms with Gasteiger partial charge in [0.2, 0.25) is 5.78 Å². The van der Waals surface area contributed by atoms with E-state index in [0.717, 1.165) is 73.1 Å². The topological polar surface area (TPSA) is 34.3 Å². The molecule has 2 heterocycles. The molecule has 1 N–H and O–H groups in total. The quantitative estimate of drug-likeness (QED) is 0.163. The second-order valence-electron chi connectivity index (χ2n) is 16.1. The molecule has 4 nitrogen and oxygen atoms in total. The summed E-state index contributed by atoms with van der Waals surface area (Å²) < 4.78 is 4.74. The monoisotopic (exact) mass is 792 g/mol. The molecule has 0 aliphatic heterocycles. The molecule has 0 aliphatic rings. The van der Waals surface area contributed by atoms with Crippen LogP contribution in [0.5, 0.6) is 0 Å². The molecule has 0 saturated carbocycles. The van der Waals surface area contributed by atoms with Gasteiger partial charge >= 0.3 is 0 Å². The predicted molar refractivity (Wildman–Crippen MR) is 261 cm³/mol. The number of aryl methyl sites for hydroxylation is 1. The maximum absolute atomic E-state index is 5.60. The number of anilines is 2. The molecular weight excluding hydrogens is 753 g/mol. The second-order valence-corrected chi connectivity index (χ2v) is 16.1. The Labute approximate surface area is 359 Å². The van der Waals surface area contributed by atoms with E-state index in [1.54, 1.807) is 0 Å². The van der Waals surface area contributed by atoms with Crippen molar-refractivity contribution in [3.63, 3.8) is 0 Å². The first-order valence-electron chi connectivity index (χ1n) is 21.2. The zero-order valence-corrected chi connectivity index (χ0v) is 34.1. The van der Waals surface area contributed by atoms with Gasteiger partial charge in [-0.05, 0) is 110 Å². The summed E-state index contributed by atoms with van der Waals surface area (Å²) in [5, 5.41) is 11.2. The predicted octanol–water partition coefficient (Wildman–Crippen LogP) is 15.5. The minimum atomic E-state index is 0.866. The second kappa shape index (κ2) is 14.5. The van der Waals surface area contributed by atoms with Gasteiger partial charge in [0.1, 0.15) is 0 Å². The van der Waals surface area contributed by atoms with Gasteiger partial charge in [-0.15, -0.1) is 0 Å². The molecule has 0 spiro atoms. The number of imidazole rings is 2. The summed E-state index contributed by atoms with van der Waals surface area (Å²) in [5.41, 5.74) is 15.4. The van der Waals surface area contributed by atoms with Gasteiger partial charge < -0.3 is 5.32 Å². The first kappa shape index (κ1) is 35.7. The molecule has 4 heteroatoms. The number of fused-ring (bicyclic) bond motifs is 9. The van der Waals surface area contributed by atoms with Crippen LogP contribution in [0.1, 0.15) is 5.56 Å². The molecule has 0 amide bonds. The van der Waals surface area contributed by atoms with Crippen molar-refractivity contribution in [2.24, 2.45) is 0 Å². The molecule has 12 rings (SSSR count). The maximum Gasteiger partial charge on any atom is 0.220 e. The van der Waals surface area contributed by atoms with Gasteiger partial charge in [-0.25, -0.2) is 4.98 Å². The van der Waals surface area contributed by atoms with E-state index >= 15 is 0 Å².